The van der Waals surface area contributed by atoms with Gasteiger partial charge >= 0.3 is 0 Å². The van der Waals surface area contributed by atoms with Crippen LogP contribution in [0.5, 0.6) is 17.2 Å². The number of amides is 1. The summed E-state index contributed by atoms with van der Waals surface area (Å²) in [6.07, 6.45) is 1.50. The fourth-order valence-electron chi connectivity index (χ4n) is 2.76. The maximum absolute atomic E-state index is 11.9. The van der Waals surface area contributed by atoms with Gasteiger partial charge in [-0.2, -0.15) is 5.10 Å². The van der Waals surface area contributed by atoms with Gasteiger partial charge in [-0.1, -0.05) is 47.5 Å². The molecule has 0 aromatic heterocycles. The van der Waals surface area contributed by atoms with Gasteiger partial charge in [0.15, 0.2) is 18.1 Å². The van der Waals surface area contributed by atoms with Crippen LogP contribution in [0.4, 0.5) is 0 Å². The number of rotatable bonds is 9. The molecule has 8 heteroatoms. The minimum atomic E-state index is -0.433. The molecule has 0 bridgehead atoms. The Hall–Kier alpha value is -3.22. The van der Waals surface area contributed by atoms with E-state index in [4.69, 9.17) is 37.4 Å². The van der Waals surface area contributed by atoms with Crippen molar-refractivity contribution in [1.29, 1.82) is 0 Å². The molecule has 0 saturated heterocycles. The number of nitrogens with zero attached hydrogens (tertiary/aromatic N) is 1. The van der Waals surface area contributed by atoms with Crippen molar-refractivity contribution < 1.29 is 19.0 Å². The second-order valence-corrected chi connectivity index (χ2v) is 7.63. The number of nitrogens with one attached hydrogen (secondary N) is 1. The summed E-state index contributed by atoms with van der Waals surface area (Å²) in [6, 6.07) is 18.2. The fraction of sp³-hybridized carbons (Fsp3) is 0.167. The lowest BCUT2D eigenvalue weighted by Gasteiger charge is -2.12. The summed E-state index contributed by atoms with van der Waals surface area (Å²) < 4.78 is 16.7. The van der Waals surface area contributed by atoms with Crippen molar-refractivity contribution in [3.8, 4) is 17.2 Å². The second-order valence-electron chi connectivity index (χ2n) is 6.78. The van der Waals surface area contributed by atoms with E-state index in [-0.39, 0.29) is 6.61 Å². The first kappa shape index (κ1) is 23.4. The van der Waals surface area contributed by atoms with E-state index in [1.54, 1.807) is 31.4 Å². The Labute approximate surface area is 196 Å². The van der Waals surface area contributed by atoms with Gasteiger partial charge in [-0.3, -0.25) is 4.79 Å². The van der Waals surface area contributed by atoms with E-state index >= 15 is 0 Å². The Bertz CT molecular complexity index is 1120. The van der Waals surface area contributed by atoms with Crippen LogP contribution in [0.25, 0.3) is 0 Å². The van der Waals surface area contributed by atoms with E-state index in [0.717, 1.165) is 16.7 Å². The molecule has 3 rings (SSSR count). The molecule has 32 heavy (non-hydrogen) atoms. The van der Waals surface area contributed by atoms with E-state index in [1.807, 2.05) is 37.3 Å². The Balaban J connectivity index is 1.53. The number of halogens is 2. The van der Waals surface area contributed by atoms with Crippen molar-refractivity contribution in [1.82, 2.24) is 5.43 Å². The number of methoxy groups -OCH3 is 1. The number of aryl methyl sites for hydroxylation is 1. The lowest BCUT2D eigenvalue weighted by atomic mass is 10.1. The van der Waals surface area contributed by atoms with Crippen molar-refractivity contribution in [2.45, 2.75) is 13.5 Å². The molecule has 0 radical (unpaired) electrons. The number of benzene rings is 3. The highest BCUT2D eigenvalue weighted by molar-refractivity contribution is 6.35. The van der Waals surface area contributed by atoms with Crippen LogP contribution in [0.1, 0.15) is 16.7 Å². The standard InChI is InChI=1S/C24H22Cl2N2O4/c1-16-5-3-4-6-18(16)14-31-22-9-7-17(11-23(22)30-2)13-27-28-24(29)15-32-21-10-8-19(25)12-20(21)26/h3-13H,14-15H2,1-2H3,(H,28,29)/b27-13+. The van der Waals surface area contributed by atoms with Crippen LogP contribution < -0.4 is 19.6 Å². The third-order valence-corrected chi connectivity index (χ3v) is 5.02. The van der Waals surface area contributed by atoms with Gasteiger partial charge in [0.2, 0.25) is 0 Å². The highest BCUT2D eigenvalue weighted by Crippen LogP contribution is 2.29. The summed E-state index contributed by atoms with van der Waals surface area (Å²) >= 11 is 11.8. The van der Waals surface area contributed by atoms with Gasteiger partial charge in [-0.25, -0.2) is 5.43 Å². The van der Waals surface area contributed by atoms with E-state index in [2.05, 4.69) is 10.5 Å². The van der Waals surface area contributed by atoms with E-state index in [1.165, 1.54) is 12.3 Å². The number of hydrogen-bond donors (Lipinski definition) is 1. The largest absolute Gasteiger partial charge is 0.493 e. The SMILES string of the molecule is COc1cc(/C=N/NC(=O)COc2ccc(Cl)cc2Cl)ccc1OCc1ccccc1C. The molecule has 3 aromatic carbocycles. The second kappa shape index (κ2) is 11.4. The first-order valence-electron chi connectivity index (χ1n) is 9.71. The quantitative estimate of drug-likeness (QED) is 0.333. The third-order valence-electron chi connectivity index (χ3n) is 4.49. The van der Waals surface area contributed by atoms with Crippen LogP contribution in [-0.2, 0) is 11.4 Å². The average molecular weight is 473 g/mol. The maximum atomic E-state index is 11.9. The summed E-state index contributed by atoms with van der Waals surface area (Å²) in [5, 5.41) is 4.75. The molecule has 6 nitrogen and oxygen atoms in total. The molecule has 1 amide bonds. The minimum Gasteiger partial charge on any atom is -0.493 e. The fourth-order valence-corrected chi connectivity index (χ4v) is 3.22. The number of ether oxygens (including phenoxy) is 3. The topological polar surface area (TPSA) is 69.2 Å². The van der Waals surface area contributed by atoms with Crippen LogP contribution in [0, 0.1) is 6.92 Å². The predicted octanol–water partition coefficient (Wildman–Crippen LogP) is 5.42. The molecular weight excluding hydrogens is 451 g/mol. The molecule has 166 valence electrons. The summed E-state index contributed by atoms with van der Waals surface area (Å²) in [4.78, 5) is 11.9. The van der Waals surface area contributed by atoms with Gasteiger partial charge in [0.05, 0.1) is 18.3 Å². The number of hydrogen-bond acceptors (Lipinski definition) is 5. The molecule has 0 spiro atoms. The zero-order valence-electron chi connectivity index (χ0n) is 17.6. The van der Waals surface area contributed by atoms with Crippen LogP contribution in [0.2, 0.25) is 10.0 Å². The maximum Gasteiger partial charge on any atom is 0.277 e. The van der Waals surface area contributed by atoms with Crippen LogP contribution >= 0.6 is 23.2 Å². The molecule has 0 aliphatic carbocycles. The summed E-state index contributed by atoms with van der Waals surface area (Å²) in [5.74, 6) is 1.11. The predicted molar refractivity (Wildman–Crippen MR) is 126 cm³/mol. The van der Waals surface area contributed by atoms with Gasteiger partial charge < -0.3 is 14.2 Å². The van der Waals surface area contributed by atoms with Crippen molar-refractivity contribution in [3.63, 3.8) is 0 Å². The Morgan fingerprint density at radius 3 is 2.53 bits per heavy atom. The average Bonchev–Trinajstić information content (AvgIpc) is 2.78. The summed E-state index contributed by atoms with van der Waals surface area (Å²) in [5.41, 5.74) is 5.39. The Morgan fingerprint density at radius 2 is 1.78 bits per heavy atom. The zero-order valence-corrected chi connectivity index (χ0v) is 19.1. The van der Waals surface area contributed by atoms with Gasteiger partial charge in [0.1, 0.15) is 12.4 Å². The molecule has 0 unspecified atom stereocenters. The molecule has 0 aliphatic heterocycles. The first-order valence-corrected chi connectivity index (χ1v) is 10.5. The van der Waals surface area contributed by atoms with Gasteiger partial charge in [-0.15, -0.1) is 0 Å². The monoisotopic (exact) mass is 472 g/mol. The highest BCUT2D eigenvalue weighted by atomic mass is 35.5. The summed E-state index contributed by atoms with van der Waals surface area (Å²) in [6.45, 7) is 2.23. The van der Waals surface area contributed by atoms with Gasteiger partial charge in [0, 0.05) is 5.02 Å². The van der Waals surface area contributed by atoms with Crippen LogP contribution in [0.3, 0.4) is 0 Å². The molecule has 0 aliphatic rings. The van der Waals surface area contributed by atoms with Crippen molar-refractivity contribution in [2.75, 3.05) is 13.7 Å². The van der Waals surface area contributed by atoms with Gasteiger partial charge in [-0.05, 0) is 60.0 Å². The third kappa shape index (κ3) is 6.64. The normalized spacial score (nSPS) is 10.8. The first-order chi connectivity index (χ1) is 15.5. The number of hydrazone groups is 1. The van der Waals surface area contributed by atoms with Crippen LogP contribution in [0.15, 0.2) is 65.8 Å². The Morgan fingerprint density at radius 1 is 1.00 bits per heavy atom. The zero-order chi connectivity index (χ0) is 22.9. The smallest absolute Gasteiger partial charge is 0.277 e. The van der Waals surface area contributed by atoms with Crippen LogP contribution in [-0.4, -0.2) is 25.8 Å². The minimum absolute atomic E-state index is 0.242. The molecule has 3 aromatic rings. The lowest BCUT2D eigenvalue weighted by Crippen LogP contribution is -2.24. The van der Waals surface area contributed by atoms with Crippen molar-refractivity contribution in [2.24, 2.45) is 5.10 Å². The molecule has 0 saturated carbocycles. The lowest BCUT2D eigenvalue weighted by molar-refractivity contribution is -0.123. The molecular formula is C24H22Cl2N2O4. The number of carbonyl (C=O) groups excluding carboxylic acids is 1. The highest BCUT2D eigenvalue weighted by Gasteiger charge is 2.08. The Kier molecular flexibility index (Phi) is 8.36. The van der Waals surface area contributed by atoms with E-state index in [9.17, 15) is 4.79 Å². The van der Waals surface area contributed by atoms with Crippen molar-refractivity contribution >= 4 is 35.3 Å². The van der Waals surface area contributed by atoms with E-state index in [0.29, 0.717) is 33.9 Å². The van der Waals surface area contributed by atoms with Gasteiger partial charge in [0.25, 0.3) is 5.91 Å². The molecule has 0 heterocycles. The van der Waals surface area contributed by atoms with Crippen molar-refractivity contribution in [3.05, 3.63) is 87.4 Å². The number of carbonyl (C=O) groups is 1. The molecule has 0 fully saturated rings. The molecule has 0 atom stereocenters. The van der Waals surface area contributed by atoms with E-state index < -0.39 is 5.91 Å². The molecule has 1 N–H and O–H groups in total. The summed E-state index contributed by atoms with van der Waals surface area (Å²) in [7, 11) is 1.57.